The Balaban J connectivity index is 2.03. The molecule has 1 aliphatic rings. The van der Waals surface area contributed by atoms with Crippen LogP contribution in [-0.2, 0) is 5.41 Å². The molecule has 0 spiro atoms. The molecule has 0 radical (unpaired) electrons. The van der Waals surface area contributed by atoms with Crippen molar-refractivity contribution >= 4 is 0 Å². The van der Waals surface area contributed by atoms with Gasteiger partial charge in [-0.2, -0.15) is 0 Å². The first-order chi connectivity index (χ1) is 7.83. The van der Waals surface area contributed by atoms with E-state index in [-0.39, 0.29) is 11.0 Å². The van der Waals surface area contributed by atoms with Crippen LogP contribution in [0.25, 0.3) is 0 Å². The van der Waals surface area contributed by atoms with Crippen LogP contribution in [0, 0.1) is 12.8 Å². The molecule has 1 heterocycles. The number of rotatable bonds is 3. The lowest BCUT2D eigenvalue weighted by atomic mass is 9.99. The van der Waals surface area contributed by atoms with E-state index >= 15 is 0 Å². The molecule has 2 unspecified atom stereocenters. The first kappa shape index (κ1) is 12.5. The van der Waals surface area contributed by atoms with Crippen LogP contribution in [0.1, 0.15) is 45.5 Å². The molecule has 3 heteroatoms. The molecule has 1 fully saturated rings. The standard InChI is InChI=1S/C14H23N3/c1-10-12(16-7-6-15-10)14(5)8-11(14)9-17-13(2,3)4/h6-7,11,17H,8-9H2,1-5H3. The van der Waals surface area contributed by atoms with Gasteiger partial charge in [-0.15, -0.1) is 0 Å². The van der Waals surface area contributed by atoms with Gasteiger partial charge in [-0.3, -0.25) is 9.97 Å². The highest BCUT2D eigenvalue weighted by Crippen LogP contribution is 2.53. The molecule has 1 aromatic heterocycles. The van der Waals surface area contributed by atoms with Gasteiger partial charge in [-0.05, 0) is 46.6 Å². The fraction of sp³-hybridized carbons (Fsp3) is 0.714. The lowest BCUT2D eigenvalue weighted by molar-refractivity contribution is 0.405. The van der Waals surface area contributed by atoms with E-state index in [2.05, 4.69) is 49.9 Å². The van der Waals surface area contributed by atoms with Gasteiger partial charge in [0.15, 0.2) is 0 Å². The topological polar surface area (TPSA) is 37.8 Å². The fourth-order valence-corrected chi connectivity index (χ4v) is 2.44. The summed E-state index contributed by atoms with van der Waals surface area (Å²) in [6.45, 7) is 12.1. The van der Waals surface area contributed by atoms with Crippen molar-refractivity contribution in [1.82, 2.24) is 15.3 Å². The summed E-state index contributed by atoms with van der Waals surface area (Å²) in [7, 11) is 0. The molecule has 3 nitrogen and oxygen atoms in total. The van der Waals surface area contributed by atoms with Gasteiger partial charge in [-0.25, -0.2) is 0 Å². The van der Waals surface area contributed by atoms with Crippen LogP contribution < -0.4 is 5.32 Å². The van der Waals surface area contributed by atoms with Crippen LogP contribution in [0.15, 0.2) is 12.4 Å². The van der Waals surface area contributed by atoms with Crippen LogP contribution in [0.4, 0.5) is 0 Å². The van der Waals surface area contributed by atoms with Gasteiger partial charge in [0.1, 0.15) is 0 Å². The Bertz CT molecular complexity index is 408. The Morgan fingerprint density at radius 3 is 2.59 bits per heavy atom. The number of hydrogen-bond donors (Lipinski definition) is 1. The van der Waals surface area contributed by atoms with Gasteiger partial charge < -0.3 is 5.32 Å². The van der Waals surface area contributed by atoms with Crippen molar-refractivity contribution in [3.05, 3.63) is 23.8 Å². The lowest BCUT2D eigenvalue weighted by Gasteiger charge is -2.21. The van der Waals surface area contributed by atoms with E-state index in [4.69, 9.17) is 0 Å². The third-order valence-electron chi connectivity index (χ3n) is 3.71. The van der Waals surface area contributed by atoms with Gasteiger partial charge in [0.05, 0.1) is 11.4 Å². The van der Waals surface area contributed by atoms with Gasteiger partial charge in [0, 0.05) is 23.3 Å². The molecule has 0 aromatic carbocycles. The molecule has 1 saturated carbocycles. The SMILES string of the molecule is Cc1nccnc1C1(C)CC1CNC(C)(C)C. The average Bonchev–Trinajstić information content (AvgIpc) is 2.88. The summed E-state index contributed by atoms with van der Waals surface area (Å²) in [4.78, 5) is 8.86. The van der Waals surface area contributed by atoms with Crippen LogP contribution >= 0.6 is 0 Å². The average molecular weight is 233 g/mol. The zero-order chi connectivity index (χ0) is 12.7. The molecule has 0 bridgehead atoms. The summed E-state index contributed by atoms with van der Waals surface area (Å²) < 4.78 is 0. The van der Waals surface area contributed by atoms with E-state index in [0.29, 0.717) is 5.92 Å². The Kier molecular flexibility index (Phi) is 2.98. The highest BCUT2D eigenvalue weighted by molar-refractivity contribution is 5.29. The van der Waals surface area contributed by atoms with Crippen molar-refractivity contribution in [3.63, 3.8) is 0 Å². The number of aryl methyl sites for hydroxylation is 1. The van der Waals surface area contributed by atoms with Crippen molar-refractivity contribution in [1.29, 1.82) is 0 Å². The summed E-state index contributed by atoms with van der Waals surface area (Å²) in [5.41, 5.74) is 2.69. The molecule has 1 aliphatic carbocycles. The van der Waals surface area contributed by atoms with E-state index in [1.54, 1.807) is 12.4 Å². The second-order valence-electron chi connectivity index (χ2n) is 6.44. The molecule has 0 amide bonds. The first-order valence-corrected chi connectivity index (χ1v) is 6.36. The second-order valence-corrected chi connectivity index (χ2v) is 6.44. The fourth-order valence-electron chi connectivity index (χ4n) is 2.44. The summed E-state index contributed by atoms with van der Waals surface area (Å²) >= 11 is 0. The second kappa shape index (κ2) is 4.05. The summed E-state index contributed by atoms with van der Waals surface area (Å²) in [5.74, 6) is 0.692. The minimum atomic E-state index is 0.195. The Morgan fingerprint density at radius 2 is 2.00 bits per heavy atom. The van der Waals surface area contributed by atoms with E-state index in [9.17, 15) is 0 Å². The molecule has 1 N–H and O–H groups in total. The Morgan fingerprint density at radius 1 is 1.35 bits per heavy atom. The molecule has 2 atom stereocenters. The highest BCUT2D eigenvalue weighted by Gasteiger charge is 2.53. The third kappa shape index (κ3) is 2.65. The Hall–Kier alpha value is -0.960. The van der Waals surface area contributed by atoms with Crippen LogP contribution in [0.5, 0.6) is 0 Å². The summed E-state index contributed by atoms with van der Waals surface area (Å²) in [6.07, 6.45) is 4.79. The maximum absolute atomic E-state index is 4.52. The van der Waals surface area contributed by atoms with Crippen molar-refractivity contribution in [3.8, 4) is 0 Å². The molecule has 0 saturated heterocycles. The zero-order valence-corrected chi connectivity index (χ0v) is 11.5. The van der Waals surface area contributed by atoms with E-state index in [1.807, 2.05) is 0 Å². The maximum atomic E-state index is 4.52. The summed E-state index contributed by atoms with van der Waals surface area (Å²) in [5, 5.41) is 3.58. The molecular formula is C14H23N3. The van der Waals surface area contributed by atoms with Crippen LogP contribution in [-0.4, -0.2) is 22.1 Å². The number of hydrogen-bond acceptors (Lipinski definition) is 3. The van der Waals surface area contributed by atoms with Crippen molar-refractivity contribution in [2.45, 2.75) is 52.0 Å². The van der Waals surface area contributed by atoms with Crippen molar-refractivity contribution < 1.29 is 0 Å². The zero-order valence-electron chi connectivity index (χ0n) is 11.5. The van der Waals surface area contributed by atoms with Crippen LogP contribution in [0.3, 0.4) is 0 Å². The monoisotopic (exact) mass is 233 g/mol. The highest BCUT2D eigenvalue weighted by atomic mass is 15.0. The number of aromatic nitrogens is 2. The van der Waals surface area contributed by atoms with E-state index < -0.39 is 0 Å². The quantitative estimate of drug-likeness (QED) is 0.871. The lowest BCUT2D eigenvalue weighted by Crippen LogP contribution is -2.38. The molecule has 1 aromatic rings. The predicted molar refractivity (Wildman–Crippen MR) is 70.0 cm³/mol. The molecule has 2 rings (SSSR count). The summed E-state index contributed by atoms with van der Waals surface area (Å²) in [6, 6.07) is 0. The van der Waals surface area contributed by atoms with Crippen LogP contribution in [0.2, 0.25) is 0 Å². The van der Waals surface area contributed by atoms with E-state index in [0.717, 1.165) is 12.2 Å². The predicted octanol–water partition coefficient (Wildman–Crippen LogP) is 2.45. The van der Waals surface area contributed by atoms with Gasteiger partial charge in [-0.1, -0.05) is 6.92 Å². The number of nitrogens with one attached hydrogen (secondary N) is 1. The number of nitrogens with zero attached hydrogens (tertiary/aromatic N) is 2. The van der Waals surface area contributed by atoms with Gasteiger partial charge in [0.25, 0.3) is 0 Å². The molecular weight excluding hydrogens is 210 g/mol. The smallest absolute Gasteiger partial charge is 0.0678 e. The van der Waals surface area contributed by atoms with Gasteiger partial charge in [0.2, 0.25) is 0 Å². The largest absolute Gasteiger partial charge is 0.312 e. The molecule has 0 aliphatic heterocycles. The molecule has 17 heavy (non-hydrogen) atoms. The Labute approximate surface area is 104 Å². The minimum Gasteiger partial charge on any atom is -0.312 e. The van der Waals surface area contributed by atoms with Crippen molar-refractivity contribution in [2.75, 3.05) is 6.54 Å². The maximum Gasteiger partial charge on any atom is 0.0678 e. The molecule has 94 valence electrons. The third-order valence-corrected chi connectivity index (χ3v) is 3.71. The minimum absolute atomic E-state index is 0.195. The first-order valence-electron chi connectivity index (χ1n) is 6.36. The normalized spacial score (nSPS) is 28.2. The van der Waals surface area contributed by atoms with E-state index in [1.165, 1.54) is 12.1 Å². The van der Waals surface area contributed by atoms with Crippen molar-refractivity contribution in [2.24, 2.45) is 5.92 Å². The van der Waals surface area contributed by atoms with Gasteiger partial charge >= 0.3 is 0 Å².